The van der Waals surface area contributed by atoms with Crippen LogP contribution >= 0.6 is 0 Å². The van der Waals surface area contributed by atoms with Gasteiger partial charge in [-0.25, -0.2) is 0 Å². The van der Waals surface area contributed by atoms with Crippen LogP contribution in [-0.2, 0) is 69.4 Å². The van der Waals surface area contributed by atoms with E-state index in [0.29, 0.717) is 27.6 Å². The molecule has 0 fully saturated rings. The minimum absolute atomic E-state index is 0. The maximum absolute atomic E-state index is 12.6. The van der Waals surface area contributed by atoms with Crippen LogP contribution in [0.5, 0.6) is 0 Å². The number of para-hydroxylation sites is 2. The van der Waals surface area contributed by atoms with E-state index in [1.165, 1.54) is 89.5 Å². The van der Waals surface area contributed by atoms with Crippen LogP contribution in [0.2, 0.25) is 0 Å². The number of nitriles is 3. The van der Waals surface area contributed by atoms with Crippen molar-refractivity contribution < 1.29 is 76.4 Å². The summed E-state index contributed by atoms with van der Waals surface area (Å²) in [7, 11) is 12.1. The van der Waals surface area contributed by atoms with Crippen LogP contribution in [0.4, 0.5) is 47.3 Å². The van der Waals surface area contributed by atoms with Gasteiger partial charge in [0.1, 0.15) is 0 Å². The molecule has 15 aromatic rings. The summed E-state index contributed by atoms with van der Waals surface area (Å²) in [6.45, 7) is 37.5. The molecule has 0 aliphatic carbocycles. The van der Waals surface area contributed by atoms with Crippen LogP contribution in [0.15, 0.2) is 268 Å². The number of rotatable bonds is 18. The molecule has 0 atom stereocenters. The van der Waals surface area contributed by atoms with Crippen molar-refractivity contribution in [1.29, 1.82) is 15.8 Å². The summed E-state index contributed by atoms with van der Waals surface area (Å²) in [5.41, 5.74) is 31.0. The Morgan fingerprint density at radius 2 is 0.618 bits per heavy atom. The van der Waals surface area contributed by atoms with Crippen LogP contribution in [-0.4, -0.2) is 71.7 Å². The molecule has 18 nitrogen and oxygen atoms in total. The Kier molecular flexibility index (Phi) is 36.5. The number of aromatic nitrogens is 3. The molecule has 696 valence electrons. The van der Waals surface area contributed by atoms with E-state index >= 15 is 0 Å². The number of allylic oxidation sites excluding steroid dienone is 3. The first-order valence-electron chi connectivity index (χ1n) is 43.5. The van der Waals surface area contributed by atoms with Gasteiger partial charge in [-0.05, 0) is 306 Å². The van der Waals surface area contributed by atoms with Gasteiger partial charge in [0.25, 0.3) is 0 Å². The van der Waals surface area contributed by atoms with Crippen LogP contribution in [0, 0.1) is 155 Å². The first-order chi connectivity index (χ1) is 63.9. The van der Waals surface area contributed by atoms with Crippen molar-refractivity contribution in [2.45, 2.75) is 89.3 Å². The predicted molar refractivity (Wildman–Crippen MR) is 541 cm³/mol. The van der Waals surface area contributed by atoms with Gasteiger partial charge in [-0.15, -0.1) is 139 Å². The molecule has 0 radical (unpaired) electrons. The molecule has 24 heteroatoms. The Bertz CT molecular complexity index is 6580. The third-order valence-corrected chi connectivity index (χ3v) is 22.1. The summed E-state index contributed by atoms with van der Waals surface area (Å²) in [4.78, 5) is 31.5. The topological polar surface area (TPSA) is 179 Å². The molecule has 0 amide bonds. The number of nitrogens with zero attached hydrogens (tertiary/aromatic N) is 15. The standard InChI is InChI=1S/3C24H29N4.C14H6N3.C13H7F3N.C13H7N2.3Pt/c3*1-7-8-26(5)16-25-22-13-21(24-19(3)11-18(2)12-20(24)4)14-23(15-22)28-10-9-27(6)17-28;15-7-9-1-3-13-11(5-9)12-6-10(8-16)2-4-14(12)17-13;14-13(15,16)8-5-6-12-10(7-8)9-3-1-2-4-11(9)17-12;14-8-9-5-6-13-11(7-9)10-3-1-2-4-12(10)15-13;;;/h3*7-14,16-17,25H,1-6H3;1-6H;1-7H;1-7H;;;/q3*-3;3*-1;3*+4/b3*8-7-;;;;;;. The number of fused-ring (bicyclic) bond motifs is 9. The van der Waals surface area contributed by atoms with Gasteiger partial charge in [-0.3, -0.25) is 0 Å². The monoisotopic (exact) mass is 2350 g/mol. The van der Waals surface area contributed by atoms with E-state index in [0.717, 1.165) is 101 Å². The van der Waals surface area contributed by atoms with E-state index in [1.54, 1.807) is 36.4 Å². The van der Waals surface area contributed by atoms with Crippen molar-refractivity contribution in [2.75, 3.05) is 72.9 Å². The van der Waals surface area contributed by atoms with E-state index in [-0.39, 0.29) is 63.2 Å². The Morgan fingerprint density at radius 3 is 0.882 bits per heavy atom. The molecule has 0 spiro atoms. The molecule has 18 rings (SSSR count). The van der Waals surface area contributed by atoms with Gasteiger partial charge in [-0.2, -0.15) is 69.0 Å². The molecule has 3 aliphatic heterocycles. The molecule has 0 saturated carbocycles. The zero-order chi connectivity index (χ0) is 94.9. The van der Waals surface area contributed by atoms with Gasteiger partial charge >= 0.3 is 69.4 Å². The molecular formula is C112H107F3N18Pt3. The maximum atomic E-state index is 12.6. The number of hydrogen-bond donors (Lipinski definition) is 3. The summed E-state index contributed by atoms with van der Waals surface area (Å²) in [5.74, 6) is 0. The van der Waals surface area contributed by atoms with Crippen LogP contribution in [0.3, 0.4) is 0 Å². The molecule has 136 heavy (non-hydrogen) atoms. The molecule has 0 saturated heterocycles. The van der Waals surface area contributed by atoms with Gasteiger partial charge in [-0.1, -0.05) is 150 Å². The van der Waals surface area contributed by atoms with E-state index in [1.807, 2.05) is 273 Å². The molecular weight excluding hydrogens is 2240 g/mol. The van der Waals surface area contributed by atoms with Gasteiger partial charge in [0.2, 0.25) is 0 Å². The fourth-order valence-corrected chi connectivity index (χ4v) is 16.5. The number of benzene rings is 12. The summed E-state index contributed by atoms with van der Waals surface area (Å²) >= 11 is 0. The first kappa shape index (κ1) is 104. The fraction of sp³-hybridized carbons (Fsp3) is 0.170. The third kappa shape index (κ3) is 26.3. The number of alkyl halides is 3. The Labute approximate surface area is 841 Å². The fourth-order valence-electron chi connectivity index (χ4n) is 16.5. The molecule has 0 unspecified atom stereocenters. The van der Waals surface area contributed by atoms with Crippen molar-refractivity contribution in [2.24, 2.45) is 0 Å². The van der Waals surface area contributed by atoms with Crippen molar-refractivity contribution in [1.82, 2.24) is 44.4 Å². The Morgan fingerprint density at radius 1 is 0.353 bits per heavy atom. The normalized spacial score (nSPS) is 12.4. The summed E-state index contributed by atoms with van der Waals surface area (Å²) in [6.07, 6.45) is 19.9. The van der Waals surface area contributed by atoms with Gasteiger partial charge in [0.05, 0.1) is 40.5 Å². The average molecular weight is 2350 g/mol. The number of anilines is 6. The van der Waals surface area contributed by atoms with E-state index < -0.39 is 11.7 Å². The number of hydrogen-bond acceptors (Lipinski definition) is 15. The zero-order valence-corrected chi connectivity index (χ0v) is 86.0. The molecule has 3 aromatic heterocycles. The van der Waals surface area contributed by atoms with Crippen molar-refractivity contribution in [3.63, 3.8) is 0 Å². The van der Waals surface area contributed by atoms with Crippen LogP contribution in [0.25, 0.3) is 98.8 Å². The van der Waals surface area contributed by atoms with Crippen molar-refractivity contribution in [3.8, 4) is 51.6 Å². The molecule has 3 aliphatic rings. The first-order valence-corrected chi connectivity index (χ1v) is 43.5. The smallest absolute Gasteiger partial charge is 0.657 e. The third-order valence-electron chi connectivity index (χ3n) is 22.1. The van der Waals surface area contributed by atoms with Gasteiger partial charge in [0, 0.05) is 0 Å². The second kappa shape index (κ2) is 47.5. The molecule has 12 aromatic carbocycles. The minimum Gasteiger partial charge on any atom is -0.657 e. The molecule has 3 N–H and O–H groups in total. The maximum Gasteiger partial charge on any atom is 4.00 e. The van der Waals surface area contributed by atoms with Gasteiger partial charge in [0.15, 0.2) is 0 Å². The Balaban J connectivity index is 0.000000170. The van der Waals surface area contributed by atoms with Crippen LogP contribution in [0.1, 0.15) is 93.1 Å². The average Bonchev–Trinajstić information content (AvgIpc) is 1.66. The SMILES string of the molecule is C/C=C\N(C)[CH-]Nc1[c-]c(N2C=CN(C)[CH-]2)cc(-c2c(C)cc(C)cc2C)c1.C/C=C\N(C)[CH-]Nc1[c-]c(N2C=CN(C)[CH-]2)cc(-c2c(C)cc(C)cc2C)c1.C/C=C\N(C)[CH-]Nc1[c-]c(N2C=CN(C)[CH-]2)cc(-c2c(C)cc(C)cc2C)c1.FC(F)(F)c1ccc2[n-]c3ccccc3c2c1.N#Cc1ccc2[n-]c3ccc(C#N)cc3c2c1.N#Cc1ccc2[n-]c3ccccc3c2c1.[Pt+4].[Pt+4].[Pt+4]. The summed E-state index contributed by atoms with van der Waals surface area (Å²) < 4.78 is 37.8. The summed E-state index contributed by atoms with van der Waals surface area (Å²) in [5, 5.41) is 42.1. The Hall–Kier alpha value is -13.6. The van der Waals surface area contributed by atoms with Gasteiger partial charge < -0.3 is 75.0 Å². The molecule has 6 heterocycles. The number of halogens is 3. The number of aryl methyl sites for hydroxylation is 9. The molecule has 0 bridgehead atoms. The van der Waals surface area contributed by atoms with Crippen molar-refractivity contribution >= 4 is 99.5 Å². The number of nitrogens with one attached hydrogen (secondary N) is 3. The van der Waals surface area contributed by atoms with Crippen molar-refractivity contribution in [3.05, 3.63) is 399 Å². The summed E-state index contributed by atoms with van der Waals surface area (Å²) in [6, 6.07) is 78.6. The quantitative estimate of drug-likeness (QED) is 0.0690. The van der Waals surface area contributed by atoms with E-state index in [9.17, 15) is 13.2 Å². The van der Waals surface area contributed by atoms with Crippen LogP contribution < -0.4 is 45.6 Å². The minimum atomic E-state index is -4.31. The largest absolute Gasteiger partial charge is 4.00 e. The zero-order valence-electron chi connectivity index (χ0n) is 79.2. The second-order valence-electron chi connectivity index (χ2n) is 33.2. The predicted octanol–water partition coefficient (Wildman–Crippen LogP) is 25.7. The van der Waals surface area contributed by atoms with E-state index in [4.69, 9.17) is 15.8 Å². The second-order valence-corrected chi connectivity index (χ2v) is 33.2. The van der Waals surface area contributed by atoms with E-state index in [2.05, 4.69) is 217 Å².